The normalized spacial score (nSPS) is 18.1. The average Bonchev–Trinajstić information content (AvgIpc) is 2.68. The molecule has 1 aliphatic rings. The Morgan fingerprint density at radius 3 is 2.54 bits per heavy atom. The van der Waals surface area contributed by atoms with Crippen molar-refractivity contribution < 1.29 is 22.7 Å². The van der Waals surface area contributed by atoms with Crippen LogP contribution in [-0.4, -0.2) is 63.3 Å². The summed E-state index contributed by atoms with van der Waals surface area (Å²) < 4.78 is 38.3. The maximum Gasteiger partial charge on any atom is 0.281 e. The molecule has 28 heavy (non-hydrogen) atoms. The second-order valence-corrected chi connectivity index (χ2v) is 8.99. The van der Waals surface area contributed by atoms with Gasteiger partial charge >= 0.3 is 0 Å². The Hall–Kier alpha value is -1.84. The number of amides is 1. The van der Waals surface area contributed by atoms with Crippen molar-refractivity contribution in [1.29, 1.82) is 0 Å². The lowest BCUT2D eigenvalue weighted by atomic mass is 9.98. The molecule has 1 atom stereocenters. The van der Waals surface area contributed by atoms with Crippen LogP contribution in [0.5, 0.6) is 11.5 Å². The van der Waals surface area contributed by atoms with Crippen LogP contribution in [0, 0.1) is 5.92 Å². The summed E-state index contributed by atoms with van der Waals surface area (Å²) in [5.41, 5.74) is 0.897. The number of hydrogen-bond acceptors (Lipinski definition) is 5. The zero-order valence-electron chi connectivity index (χ0n) is 17.1. The van der Waals surface area contributed by atoms with E-state index in [0.29, 0.717) is 50.6 Å². The summed E-state index contributed by atoms with van der Waals surface area (Å²) in [6.07, 6.45) is 1.35. The first-order valence-corrected chi connectivity index (χ1v) is 11.0. The van der Waals surface area contributed by atoms with E-state index < -0.39 is 10.2 Å². The Morgan fingerprint density at radius 2 is 1.89 bits per heavy atom. The molecule has 158 valence electrons. The molecule has 0 aliphatic carbocycles. The molecule has 1 N–H and O–H groups in total. The molecule has 1 saturated heterocycles. The van der Waals surface area contributed by atoms with Crippen molar-refractivity contribution in [3.05, 3.63) is 23.8 Å². The van der Waals surface area contributed by atoms with Crippen molar-refractivity contribution >= 4 is 16.1 Å². The van der Waals surface area contributed by atoms with Gasteiger partial charge in [0.25, 0.3) is 10.2 Å². The van der Waals surface area contributed by atoms with Crippen LogP contribution in [0.25, 0.3) is 0 Å². The van der Waals surface area contributed by atoms with Crippen molar-refractivity contribution in [2.45, 2.75) is 33.2 Å². The van der Waals surface area contributed by atoms with Gasteiger partial charge in [0.1, 0.15) is 0 Å². The minimum Gasteiger partial charge on any atom is -0.490 e. The molecule has 1 aromatic rings. The zero-order chi connectivity index (χ0) is 20.7. The number of benzene rings is 1. The molecule has 1 fully saturated rings. The minimum atomic E-state index is -3.50. The fourth-order valence-corrected chi connectivity index (χ4v) is 4.33. The Labute approximate surface area is 168 Å². The van der Waals surface area contributed by atoms with Crippen LogP contribution in [-0.2, 0) is 21.5 Å². The molecule has 1 aromatic carbocycles. The Kier molecular flexibility index (Phi) is 8.09. The van der Waals surface area contributed by atoms with Crippen LogP contribution >= 0.6 is 0 Å². The lowest BCUT2D eigenvalue weighted by Gasteiger charge is -2.32. The third-order valence-corrected chi connectivity index (χ3v) is 6.52. The predicted octanol–water partition coefficient (Wildman–Crippen LogP) is 1.62. The third kappa shape index (κ3) is 5.59. The van der Waals surface area contributed by atoms with Gasteiger partial charge in [0, 0.05) is 33.7 Å². The van der Waals surface area contributed by atoms with Crippen LogP contribution < -0.4 is 14.8 Å². The summed E-state index contributed by atoms with van der Waals surface area (Å²) in [4.78, 5) is 12.6. The summed E-state index contributed by atoms with van der Waals surface area (Å²) in [7, 11) is -0.498. The average molecular weight is 414 g/mol. The fourth-order valence-electron chi connectivity index (χ4n) is 3.14. The summed E-state index contributed by atoms with van der Waals surface area (Å²) in [6.45, 7) is 5.88. The molecular weight excluding hydrogens is 382 g/mol. The summed E-state index contributed by atoms with van der Waals surface area (Å²) >= 11 is 0. The van der Waals surface area contributed by atoms with Gasteiger partial charge in [-0.05, 0) is 44.4 Å². The third-order valence-electron chi connectivity index (χ3n) is 4.62. The highest BCUT2D eigenvalue weighted by Crippen LogP contribution is 2.28. The standard InChI is InChI=1S/C19H31N3O5S/c1-5-26-17-10-9-15(12-18(17)27-6-2)13-20-19(23)16-8-7-11-22(14-16)28(24,25)21(3)4/h9-10,12,16H,5-8,11,13-14H2,1-4H3,(H,20,23)/t16-/m1/s1. The molecule has 0 aromatic heterocycles. The van der Waals surface area contributed by atoms with Crippen LogP contribution in [0.15, 0.2) is 18.2 Å². The van der Waals surface area contributed by atoms with Crippen LogP contribution in [0.4, 0.5) is 0 Å². The van der Waals surface area contributed by atoms with Gasteiger partial charge in [0.05, 0.1) is 19.1 Å². The first-order chi connectivity index (χ1) is 13.3. The first-order valence-electron chi connectivity index (χ1n) is 9.63. The number of piperidine rings is 1. The lowest BCUT2D eigenvalue weighted by Crippen LogP contribution is -2.48. The molecule has 0 unspecified atom stereocenters. The highest BCUT2D eigenvalue weighted by molar-refractivity contribution is 7.86. The first kappa shape index (κ1) is 22.4. The van der Waals surface area contributed by atoms with Crippen molar-refractivity contribution in [3.8, 4) is 11.5 Å². The topological polar surface area (TPSA) is 88.2 Å². The van der Waals surface area contributed by atoms with E-state index in [1.54, 1.807) is 0 Å². The van der Waals surface area contributed by atoms with Gasteiger partial charge in [0.15, 0.2) is 11.5 Å². The lowest BCUT2D eigenvalue weighted by molar-refractivity contribution is -0.126. The fraction of sp³-hybridized carbons (Fsp3) is 0.632. The number of carbonyl (C=O) groups excluding carboxylic acids is 1. The van der Waals surface area contributed by atoms with Gasteiger partial charge in [-0.2, -0.15) is 17.0 Å². The van der Waals surface area contributed by atoms with Crippen molar-refractivity contribution in [2.75, 3.05) is 40.4 Å². The SMILES string of the molecule is CCOc1ccc(CNC(=O)[C@@H]2CCCN(S(=O)(=O)N(C)C)C2)cc1OCC. The summed E-state index contributed by atoms with van der Waals surface area (Å²) in [6, 6.07) is 5.58. The molecule has 8 nitrogen and oxygen atoms in total. The van der Waals surface area contributed by atoms with Crippen LogP contribution in [0.1, 0.15) is 32.3 Å². The van der Waals surface area contributed by atoms with Crippen molar-refractivity contribution in [3.63, 3.8) is 0 Å². The number of ether oxygens (including phenoxy) is 2. The predicted molar refractivity (Wildman–Crippen MR) is 108 cm³/mol. The maximum atomic E-state index is 12.6. The Bertz CT molecular complexity index is 767. The van der Waals surface area contributed by atoms with E-state index in [9.17, 15) is 13.2 Å². The summed E-state index contributed by atoms with van der Waals surface area (Å²) in [5.74, 6) is 0.844. The van der Waals surface area contributed by atoms with Gasteiger partial charge in [-0.25, -0.2) is 0 Å². The zero-order valence-corrected chi connectivity index (χ0v) is 17.9. The van der Waals surface area contributed by atoms with Crippen molar-refractivity contribution in [1.82, 2.24) is 13.9 Å². The number of carbonyl (C=O) groups is 1. The van der Waals surface area contributed by atoms with E-state index >= 15 is 0 Å². The molecule has 1 heterocycles. The van der Waals surface area contributed by atoms with Gasteiger partial charge in [-0.3, -0.25) is 4.79 Å². The summed E-state index contributed by atoms with van der Waals surface area (Å²) in [5, 5.41) is 2.92. The highest BCUT2D eigenvalue weighted by atomic mass is 32.2. The van der Waals surface area contributed by atoms with Gasteiger partial charge in [-0.15, -0.1) is 0 Å². The van der Waals surface area contributed by atoms with E-state index in [1.807, 2.05) is 32.0 Å². The second kappa shape index (κ2) is 10.1. The molecule has 2 rings (SSSR count). The van der Waals surface area contributed by atoms with E-state index in [-0.39, 0.29) is 18.4 Å². The van der Waals surface area contributed by atoms with Crippen LogP contribution in [0.3, 0.4) is 0 Å². The molecule has 0 bridgehead atoms. The molecule has 9 heteroatoms. The molecule has 0 spiro atoms. The van der Waals surface area contributed by atoms with E-state index in [1.165, 1.54) is 22.7 Å². The van der Waals surface area contributed by atoms with Crippen molar-refractivity contribution in [2.24, 2.45) is 5.92 Å². The number of rotatable bonds is 9. The maximum absolute atomic E-state index is 12.6. The molecule has 1 amide bonds. The molecular formula is C19H31N3O5S. The molecule has 1 aliphatic heterocycles. The minimum absolute atomic E-state index is 0.134. The Balaban J connectivity index is 1.99. The number of nitrogens with one attached hydrogen (secondary N) is 1. The number of nitrogens with zero attached hydrogens (tertiary/aromatic N) is 2. The largest absolute Gasteiger partial charge is 0.490 e. The van der Waals surface area contributed by atoms with E-state index in [0.717, 1.165) is 5.56 Å². The van der Waals surface area contributed by atoms with E-state index in [4.69, 9.17) is 9.47 Å². The molecule has 0 saturated carbocycles. The van der Waals surface area contributed by atoms with Gasteiger partial charge < -0.3 is 14.8 Å². The van der Waals surface area contributed by atoms with E-state index in [2.05, 4.69) is 5.32 Å². The monoisotopic (exact) mass is 413 g/mol. The quantitative estimate of drug-likeness (QED) is 0.665. The number of hydrogen-bond donors (Lipinski definition) is 1. The molecule has 0 radical (unpaired) electrons. The highest BCUT2D eigenvalue weighted by Gasteiger charge is 2.33. The smallest absolute Gasteiger partial charge is 0.281 e. The second-order valence-electron chi connectivity index (χ2n) is 6.85. The van der Waals surface area contributed by atoms with Gasteiger partial charge in [-0.1, -0.05) is 6.07 Å². The van der Waals surface area contributed by atoms with Gasteiger partial charge in [0.2, 0.25) is 5.91 Å². The van der Waals surface area contributed by atoms with Crippen LogP contribution in [0.2, 0.25) is 0 Å². The Morgan fingerprint density at radius 1 is 1.21 bits per heavy atom.